The first kappa shape index (κ1) is 29.6. The second-order valence-electron chi connectivity index (χ2n) is 9.33. The number of carbonyl (C=O) groups excluding carboxylic acids is 3. The van der Waals surface area contributed by atoms with Gasteiger partial charge in [-0.25, -0.2) is 4.79 Å². The number of thiol groups is 1. The number of aryl methyl sites for hydroxylation is 1. The lowest BCUT2D eigenvalue weighted by molar-refractivity contribution is -0.139. The van der Waals surface area contributed by atoms with E-state index in [9.17, 15) is 19.5 Å². The van der Waals surface area contributed by atoms with E-state index in [4.69, 9.17) is 9.47 Å². The number of methoxy groups -OCH3 is 1. The highest BCUT2D eigenvalue weighted by Crippen LogP contribution is 2.28. The highest BCUT2D eigenvalue weighted by Gasteiger charge is 2.35. The Bertz CT molecular complexity index is 1110. The van der Waals surface area contributed by atoms with Gasteiger partial charge in [0.25, 0.3) is 5.91 Å². The van der Waals surface area contributed by atoms with Gasteiger partial charge in [0, 0.05) is 18.0 Å². The number of ether oxygens (including phenoxy) is 2. The van der Waals surface area contributed by atoms with Gasteiger partial charge in [-0.3, -0.25) is 9.59 Å². The number of phenols is 1. The van der Waals surface area contributed by atoms with E-state index >= 15 is 0 Å². The summed E-state index contributed by atoms with van der Waals surface area (Å²) in [7, 11) is 1.54. The first-order chi connectivity index (χ1) is 17.4. The fourth-order valence-electron chi connectivity index (χ4n) is 3.50. The third-order valence-electron chi connectivity index (χ3n) is 5.23. The Morgan fingerprint density at radius 2 is 1.81 bits per heavy atom. The van der Waals surface area contributed by atoms with Gasteiger partial charge in [-0.1, -0.05) is 12.1 Å². The number of nitrogens with one attached hydrogen (secondary N) is 2. The molecular weight excluding hydrogens is 494 g/mol. The molecule has 0 aromatic heterocycles. The summed E-state index contributed by atoms with van der Waals surface area (Å²) in [5, 5.41) is 15.4. The Hall–Kier alpha value is -3.66. The van der Waals surface area contributed by atoms with Gasteiger partial charge >= 0.3 is 6.09 Å². The second kappa shape index (κ2) is 13.0. The van der Waals surface area contributed by atoms with Gasteiger partial charge in [0.05, 0.1) is 7.11 Å². The van der Waals surface area contributed by atoms with Crippen molar-refractivity contribution >= 4 is 36.2 Å². The number of hydrogen-bond donors (Lipinski definition) is 4. The van der Waals surface area contributed by atoms with Gasteiger partial charge in [-0.05, 0) is 75.2 Å². The molecule has 10 heteroatoms. The van der Waals surface area contributed by atoms with E-state index in [1.54, 1.807) is 71.2 Å². The summed E-state index contributed by atoms with van der Waals surface area (Å²) in [6.07, 6.45) is 0.709. The molecule has 9 nitrogen and oxygen atoms in total. The molecule has 3 N–H and O–H groups in total. The van der Waals surface area contributed by atoms with Crippen molar-refractivity contribution in [3.8, 4) is 11.5 Å². The number of alkyl carbamates (subject to hydrolysis) is 1. The summed E-state index contributed by atoms with van der Waals surface area (Å²) < 4.78 is 10.5. The zero-order valence-electron chi connectivity index (χ0n) is 21.8. The van der Waals surface area contributed by atoms with Crippen LogP contribution < -0.4 is 15.4 Å². The molecule has 2 atom stereocenters. The zero-order chi connectivity index (χ0) is 27.8. The quantitative estimate of drug-likeness (QED) is 0.270. The fourth-order valence-corrected chi connectivity index (χ4v) is 3.75. The molecule has 0 aliphatic heterocycles. The predicted octanol–water partition coefficient (Wildman–Crippen LogP) is 4.23. The van der Waals surface area contributed by atoms with Crippen molar-refractivity contribution in [2.45, 2.75) is 45.4 Å². The number of rotatable bonds is 10. The predicted molar refractivity (Wildman–Crippen MR) is 146 cm³/mol. The monoisotopic (exact) mass is 529 g/mol. The summed E-state index contributed by atoms with van der Waals surface area (Å²) in [5.74, 6) is -0.411. The molecule has 0 aliphatic carbocycles. The van der Waals surface area contributed by atoms with E-state index in [2.05, 4.69) is 29.8 Å². The highest BCUT2D eigenvalue weighted by atomic mass is 32.1. The molecule has 2 rings (SSSR count). The van der Waals surface area contributed by atoms with Crippen LogP contribution in [-0.4, -0.2) is 59.0 Å². The van der Waals surface area contributed by atoms with Crippen LogP contribution in [-0.2, 0) is 14.3 Å². The normalized spacial score (nSPS) is 12.6. The van der Waals surface area contributed by atoms with Crippen molar-refractivity contribution in [2.75, 3.05) is 24.7 Å². The average Bonchev–Trinajstić information content (AvgIpc) is 2.83. The molecule has 3 amide bonds. The van der Waals surface area contributed by atoms with Crippen LogP contribution in [0.5, 0.6) is 11.5 Å². The maximum absolute atomic E-state index is 13.7. The Labute approximate surface area is 223 Å². The first-order valence-corrected chi connectivity index (χ1v) is 12.3. The minimum Gasteiger partial charge on any atom is -0.508 e. The number of anilines is 1. The third kappa shape index (κ3) is 8.45. The lowest BCUT2D eigenvalue weighted by atomic mass is 10.00. The molecule has 0 bridgehead atoms. The Balaban J connectivity index is 2.46. The van der Waals surface area contributed by atoms with E-state index in [1.165, 1.54) is 17.0 Å². The van der Waals surface area contributed by atoms with Crippen LogP contribution in [0.2, 0.25) is 0 Å². The fraction of sp³-hybridized carbons (Fsp3) is 0.370. The number of carbonyl (C=O) groups is 3. The van der Waals surface area contributed by atoms with Crippen molar-refractivity contribution in [1.29, 1.82) is 0 Å². The molecule has 0 fully saturated rings. The summed E-state index contributed by atoms with van der Waals surface area (Å²) in [4.78, 5) is 41.0. The number of hydrogen-bond acceptors (Lipinski definition) is 7. The molecule has 0 heterocycles. The van der Waals surface area contributed by atoms with Crippen molar-refractivity contribution in [3.05, 3.63) is 66.2 Å². The summed E-state index contributed by atoms with van der Waals surface area (Å²) in [6.45, 7) is 10.6. The van der Waals surface area contributed by atoms with E-state index in [-0.39, 0.29) is 18.0 Å². The Morgan fingerprint density at radius 1 is 1.16 bits per heavy atom. The molecule has 2 aromatic carbocycles. The number of nitrogens with zero attached hydrogens (tertiary/aromatic N) is 1. The molecule has 37 heavy (non-hydrogen) atoms. The minimum atomic E-state index is -1.12. The number of amides is 3. The lowest BCUT2D eigenvalue weighted by Crippen LogP contribution is -2.53. The Morgan fingerprint density at radius 3 is 2.32 bits per heavy atom. The van der Waals surface area contributed by atoms with Gasteiger partial charge in [0.2, 0.25) is 5.91 Å². The summed E-state index contributed by atoms with van der Waals surface area (Å²) in [6, 6.07) is 9.22. The zero-order valence-corrected chi connectivity index (χ0v) is 22.7. The lowest BCUT2D eigenvalue weighted by Gasteiger charge is -2.33. The number of phenolic OH excluding ortho intramolecular Hbond substituents is 1. The number of aromatic hydroxyl groups is 1. The standard InChI is InChI=1S/C27H35N3O6S/c1-7-14-30(25(33)21(16-37)29-26(34)36-27(3,4)5)23(18-8-13-22(31)17(2)15-18)24(32)28-19-9-11-20(35-6)12-10-19/h7-13,15,21,23,31,37H,1,14,16H2,2-6H3,(H,28,32)(H,29,34). The second-order valence-corrected chi connectivity index (χ2v) is 9.69. The first-order valence-electron chi connectivity index (χ1n) is 11.7. The maximum Gasteiger partial charge on any atom is 0.408 e. The molecule has 2 aromatic rings. The highest BCUT2D eigenvalue weighted by molar-refractivity contribution is 7.80. The van der Waals surface area contributed by atoms with Crippen molar-refractivity contribution in [3.63, 3.8) is 0 Å². The van der Waals surface area contributed by atoms with Crippen LogP contribution >= 0.6 is 12.6 Å². The van der Waals surface area contributed by atoms with Gasteiger partial charge in [-0.2, -0.15) is 12.6 Å². The molecule has 0 radical (unpaired) electrons. The average molecular weight is 530 g/mol. The van der Waals surface area contributed by atoms with Gasteiger partial charge < -0.3 is 30.1 Å². The van der Waals surface area contributed by atoms with E-state index < -0.39 is 35.6 Å². The van der Waals surface area contributed by atoms with Crippen LogP contribution in [0.3, 0.4) is 0 Å². The maximum atomic E-state index is 13.7. The van der Waals surface area contributed by atoms with Crippen molar-refractivity contribution in [1.82, 2.24) is 10.2 Å². The van der Waals surface area contributed by atoms with E-state index in [0.717, 1.165) is 0 Å². The molecule has 0 aliphatic rings. The van der Waals surface area contributed by atoms with Crippen LogP contribution in [0.15, 0.2) is 55.1 Å². The smallest absolute Gasteiger partial charge is 0.408 e. The van der Waals surface area contributed by atoms with E-state index in [0.29, 0.717) is 22.6 Å². The largest absolute Gasteiger partial charge is 0.508 e. The molecule has 2 unspecified atom stereocenters. The van der Waals surface area contributed by atoms with Crippen LogP contribution in [0.1, 0.15) is 37.9 Å². The van der Waals surface area contributed by atoms with E-state index in [1.807, 2.05) is 0 Å². The molecule has 200 valence electrons. The molecular formula is C27H35N3O6S. The Kier molecular flexibility index (Phi) is 10.4. The van der Waals surface area contributed by atoms with Gasteiger partial charge in [0.15, 0.2) is 0 Å². The number of benzene rings is 2. The van der Waals surface area contributed by atoms with Crippen LogP contribution in [0, 0.1) is 6.92 Å². The minimum absolute atomic E-state index is 0.000265. The van der Waals surface area contributed by atoms with Crippen molar-refractivity contribution < 1.29 is 29.0 Å². The van der Waals surface area contributed by atoms with Crippen LogP contribution in [0.25, 0.3) is 0 Å². The molecule has 0 spiro atoms. The van der Waals surface area contributed by atoms with Crippen LogP contribution in [0.4, 0.5) is 10.5 Å². The third-order valence-corrected chi connectivity index (χ3v) is 5.60. The van der Waals surface area contributed by atoms with Gasteiger partial charge in [-0.15, -0.1) is 6.58 Å². The molecule has 0 saturated heterocycles. The topological polar surface area (TPSA) is 117 Å². The molecule has 0 saturated carbocycles. The summed E-state index contributed by atoms with van der Waals surface area (Å²) >= 11 is 4.25. The summed E-state index contributed by atoms with van der Waals surface area (Å²) in [5.41, 5.74) is 0.726. The van der Waals surface area contributed by atoms with Crippen molar-refractivity contribution in [2.24, 2.45) is 0 Å². The van der Waals surface area contributed by atoms with Gasteiger partial charge in [0.1, 0.15) is 29.2 Å². The SMILES string of the molecule is C=CCN(C(=O)C(CS)NC(=O)OC(C)(C)C)C(C(=O)Nc1ccc(OC)cc1)c1ccc(O)c(C)c1.